The van der Waals surface area contributed by atoms with Crippen LogP contribution >= 0.6 is 12.4 Å². The van der Waals surface area contributed by atoms with Crippen LogP contribution in [0.25, 0.3) is 0 Å². The molecule has 1 aromatic rings. The van der Waals surface area contributed by atoms with E-state index < -0.39 is 10.0 Å². The van der Waals surface area contributed by atoms with Gasteiger partial charge in [0.05, 0.1) is 6.33 Å². The van der Waals surface area contributed by atoms with E-state index in [4.69, 9.17) is 5.73 Å². The number of imidazole rings is 1. The number of sulfonamides is 1. The molecule has 0 amide bonds. The Morgan fingerprint density at radius 1 is 1.47 bits per heavy atom. The van der Waals surface area contributed by atoms with E-state index in [-0.39, 0.29) is 23.5 Å². The van der Waals surface area contributed by atoms with E-state index in [1.807, 2.05) is 6.92 Å². The zero-order valence-corrected chi connectivity index (χ0v) is 12.7. The van der Waals surface area contributed by atoms with Gasteiger partial charge in [-0.25, -0.2) is 13.4 Å². The molecule has 1 fully saturated rings. The summed E-state index contributed by atoms with van der Waals surface area (Å²) in [5.74, 6) is 0. The Kier molecular flexibility index (Phi) is 5.79. The van der Waals surface area contributed by atoms with Gasteiger partial charge in [0, 0.05) is 31.9 Å². The second-order valence-corrected chi connectivity index (χ2v) is 6.38. The van der Waals surface area contributed by atoms with Crippen molar-refractivity contribution in [3.8, 4) is 0 Å². The van der Waals surface area contributed by atoms with Crippen molar-refractivity contribution in [1.82, 2.24) is 13.9 Å². The molecule has 2 heterocycles. The average Bonchev–Trinajstić information content (AvgIpc) is 2.88. The maximum atomic E-state index is 12.5. The lowest BCUT2D eigenvalue weighted by atomic mass is 10.1. The second kappa shape index (κ2) is 6.69. The van der Waals surface area contributed by atoms with Crippen molar-refractivity contribution in [2.24, 2.45) is 5.73 Å². The predicted molar refractivity (Wildman–Crippen MR) is 75.7 cm³/mol. The fourth-order valence-electron chi connectivity index (χ4n) is 2.29. The first-order chi connectivity index (χ1) is 8.59. The van der Waals surface area contributed by atoms with Crippen LogP contribution in [-0.4, -0.2) is 41.4 Å². The van der Waals surface area contributed by atoms with Gasteiger partial charge in [-0.2, -0.15) is 4.31 Å². The zero-order chi connectivity index (χ0) is 13.2. The van der Waals surface area contributed by atoms with Crippen molar-refractivity contribution in [2.75, 3.05) is 13.1 Å². The summed E-state index contributed by atoms with van der Waals surface area (Å²) >= 11 is 0. The number of rotatable bonds is 4. The van der Waals surface area contributed by atoms with Gasteiger partial charge >= 0.3 is 0 Å². The molecular weight excluding hydrogens is 288 g/mol. The van der Waals surface area contributed by atoms with Crippen LogP contribution in [-0.2, 0) is 16.6 Å². The summed E-state index contributed by atoms with van der Waals surface area (Å²) in [4.78, 5) is 4.00. The Morgan fingerprint density at radius 3 is 2.79 bits per heavy atom. The molecule has 1 aliphatic heterocycles. The molecular formula is C11H21ClN4O2S. The molecule has 1 unspecified atom stereocenters. The number of halogens is 1. The maximum Gasteiger partial charge on any atom is 0.262 e. The fraction of sp³-hybridized carbons (Fsp3) is 0.727. The summed E-state index contributed by atoms with van der Waals surface area (Å²) in [5.41, 5.74) is 5.67. The van der Waals surface area contributed by atoms with E-state index in [2.05, 4.69) is 4.98 Å². The minimum Gasteiger partial charge on any atom is -0.336 e. The Balaban J connectivity index is 0.00000180. The lowest BCUT2D eigenvalue weighted by Gasteiger charge is -2.33. The van der Waals surface area contributed by atoms with Gasteiger partial charge < -0.3 is 10.3 Å². The highest BCUT2D eigenvalue weighted by Crippen LogP contribution is 2.23. The topological polar surface area (TPSA) is 81.2 Å². The van der Waals surface area contributed by atoms with Gasteiger partial charge in [-0.3, -0.25) is 0 Å². The largest absolute Gasteiger partial charge is 0.336 e. The van der Waals surface area contributed by atoms with Crippen molar-refractivity contribution in [3.05, 3.63) is 12.5 Å². The Morgan fingerprint density at radius 2 is 2.21 bits per heavy atom. The monoisotopic (exact) mass is 308 g/mol. The molecule has 1 aliphatic rings. The molecule has 19 heavy (non-hydrogen) atoms. The van der Waals surface area contributed by atoms with Crippen LogP contribution in [0.2, 0.25) is 0 Å². The SMILES string of the molecule is CCn1cnc(S(=O)(=O)N2CCCCC2CN)c1.Cl. The molecule has 0 aromatic carbocycles. The number of aryl methyl sites for hydroxylation is 1. The third kappa shape index (κ3) is 3.28. The molecule has 110 valence electrons. The van der Waals surface area contributed by atoms with E-state index in [1.165, 1.54) is 4.31 Å². The van der Waals surface area contributed by atoms with Crippen molar-refractivity contribution < 1.29 is 8.42 Å². The molecule has 0 aliphatic carbocycles. The van der Waals surface area contributed by atoms with E-state index in [1.54, 1.807) is 17.1 Å². The number of hydrogen-bond donors (Lipinski definition) is 1. The highest BCUT2D eigenvalue weighted by molar-refractivity contribution is 7.89. The first kappa shape index (κ1) is 16.4. The van der Waals surface area contributed by atoms with E-state index in [0.717, 1.165) is 19.3 Å². The van der Waals surface area contributed by atoms with Crippen LogP contribution < -0.4 is 5.73 Å². The fourth-order valence-corrected chi connectivity index (χ4v) is 3.93. The summed E-state index contributed by atoms with van der Waals surface area (Å²) in [5, 5.41) is 0.129. The Hall–Kier alpha value is -0.630. The molecule has 0 spiro atoms. The summed E-state index contributed by atoms with van der Waals surface area (Å²) < 4.78 is 28.2. The van der Waals surface area contributed by atoms with E-state index in [0.29, 0.717) is 19.6 Å². The second-order valence-electron chi connectivity index (χ2n) is 4.54. The lowest BCUT2D eigenvalue weighted by molar-refractivity contribution is 0.257. The van der Waals surface area contributed by atoms with Gasteiger partial charge in [-0.05, 0) is 19.8 Å². The maximum absolute atomic E-state index is 12.5. The summed E-state index contributed by atoms with van der Waals surface area (Å²) in [6, 6.07) is -0.0875. The third-order valence-corrected chi connectivity index (χ3v) is 5.23. The minimum atomic E-state index is -3.49. The smallest absolute Gasteiger partial charge is 0.262 e. The molecule has 0 saturated carbocycles. The van der Waals surface area contributed by atoms with E-state index in [9.17, 15) is 8.42 Å². The highest BCUT2D eigenvalue weighted by atomic mass is 35.5. The van der Waals surface area contributed by atoms with Gasteiger partial charge in [0.2, 0.25) is 0 Å². The lowest BCUT2D eigenvalue weighted by Crippen LogP contribution is -2.47. The zero-order valence-electron chi connectivity index (χ0n) is 11.0. The van der Waals surface area contributed by atoms with Crippen LogP contribution in [0, 0.1) is 0 Å². The van der Waals surface area contributed by atoms with Crippen molar-refractivity contribution >= 4 is 22.4 Å². The van der Waals surface area contributed by atoms with Crippen molar-refractivity contribution in [3.63, 3.8) is 0 Å². The van der Waals surface area contributed by atoms with Crippen LogP contribution in [0.1, 0.15) is 26.2 Å². The summed E-state index contributed by atoms with van der Waals surface area (Å²) in [6.45, 7) is 3.57. The van der Waals surface area contributed by atoms with Gasteiger partial charge in [0.1, 0.15) is 0 Å². The van der Waals surface area contributed by atoms with Gasteiger partial charge in [0.15, 0.2) is 5.03 Å². The molecule has 6 nitrogen and oxygen atoms in total. The molecule has 0 radical (unpaired) electrons. The molecule has 8 heteroatoms. The van der Waals surface area contributed by atoms with Gasteiger partial charge in [-0.1, -0.05) is 6.42 Å². The summed E-state index contributed by atoms with van der Waals surface area (Å²) in [7, 11) is -3.49. The number of piperidine rings is 1. The van der Waals surface area contributed by atoms with Crippen molar-refractivity contribution in [2.45, 2.75) is 43.8 Å². The first-order valence-electron chi connectivity index (χ1n) is 6.33. The van der Waals surface area contributed by atoms with Crippen molar-refractivity contribution in [1.29, 1.82) is 0 Å². The standard InChI is InChI=1S/C11H20N4O2S.ClH/c1-2-14-8-11(13-9-14)18(16,17)15-6-4-3-5-10(15)7-12;/h8-10H,2-7,12H2,1H3;1H. The molecule has 1 saturated heterocycles. The third-order valence-electron chi connectivity index (χ3n) is 3.39. The Bertz CT molecular complexity index is 503. The number of nitrogens with zero attached hydrogens (tertiary/aromatic N) is 3. The number of nitrogens with two attached hydrogens (primary N) is 1. The van der Waals surface area contributed by atoms with Crippen LogP contribution in [0.3, 0.4) is 0 Å². The number of aromatic nitrogens is 2. The van der Waals surface area contributed by atoms with Crippen LogP contribution in [0.4, 0.5) is 0 Å². The molecule has 0 bridgehead atoms. The van der Waals surface area contributed by atoms with Crippen LogP contribution in [0.15, 0.2) is 17.6 Å². The van der Waals surface area contributed by atoms with Gasteiger partial charge in [-0.15, -0.1) is 12.4 Å². The number of hydrogen-bond acceptors (Lipinski definition) is 4. The van der Waals surface area contributed by atoms with E-state index >= 15 is 0 Å². The first-order valence-corrected chi connectivity index (χ1v) is 7.77. The summed E-state index contributed by atoms with van der Waals surface area (Å²) in [6.07, 6.45) is 5.90. The highest BCUT2D eigenvalue weighted by Gasteiger charge is 2.33. The molecule has 1 atom stereocenters. The quantitative estimate of drug-likeness (QED) is 0.893. The Labute approximate surface area is 120 Å². The molecule has 2 N–H and O–H groups in total. The normalized spacial score (nSPS) is 21.1. The molecule has 2 rings (SSSR count). The predicted octanol–water partition coefficient (Wildman–Crippen LogP) is 0.827. The minimum absolute atomic E-state index is 0. The van der Waals surface area contributed by atoms with Crippen LogP contribution in [0.5, 0.6) is 0 Å². The molecule has 1 aromatic heterocycles. The van der Waals surface area contributed by atoms with Gasteiger partial charge in [0.25, 0.3) is 10.0 Å². The average molecular weight is 309 g/mol.